The van der Waals surface area contributed by atoms with Crippen molar-refractivity contribution in [3.8, 4) is 0 Å². The molecule has 0 fully saturated rings. The van der Waals surface area contributed by atoms with E-state index >= 15 is 0 Å². The lowest BCUT2D eigenvalue weighted by Gasteiger charge is -2.16. The summed E-state index contributed by atoms with van der Waals surface area (Å²) in [6.07, 6.45) is -3.33. The van der Waals surface area contributed by atoms with Crippen LogP contribution in [0.2, 0.25) is 0 Å². The van der Waals surface area contributed by atoms with Crippen molar-refractivity contribution >= 4 is 11.3 Å². The molecule has 1 N–H and O–H groups in total. The number of nitrogens with one attached hydrogen (secondary N) is 1. The number of hydrogen-bond donors (Lipinski definition) is 1. The van der Waals surface area contributed by atoms with Crippen molar-refractivity contribution in [3.63, 3.8) is 0 Å². The Labute approximate surface area is 96.8 Å². The smallest absolute Gasteiger partial charge is 0.305 e. The highest BCUT2D eigenvalue weighted by atomic mass is 19.4. The molecule has 1 aliphatic heterocycles. The van der Waals surface area contributed by atoms with Crippen LogP contribution in [-0.4, -0.2) is 18.4 Å². The highest BCUT2D eigenvalue weighted by molar-refractivity contribution is 6.05. The molecule has 0 aliphatic carbocycles. The molecule has 2 nitrogen and oxygen atoms in total. The molecule has 0 saturated heterocycles. The fraction of sp³-hybridized carbons (Fsp3) is 0.250. The summed E-state index contributed by atoms with van der Waals surface area (Å²) in [5.74, 6) is 0. The maximum Gasteiger partial charge on any atom is 0.435 e. The molecule has 0 bridgehead atoms. The predicted molar refractivity (Wildman–Crippen MR) is 60.6 cm³/mol. The van der Waals surface area contributed by atoms with Gasteiger partial charge >= 0.3 is 6.18 Å². The van der Waals surface area contributed by atoms with Crippen LogP contribution in [0, 0.1) is 6.92 Å². The van der Waals surface area contributed by atoms with E-state index in [-0.39, 0.29) is 0 Å². The fourth-order valence-corrected chi connectivity index (χ4v) is 1.56. The second kappa shape index (κ2) is 4.24. The van der Waals surface area contributed by atoms with E-state index in [1.54, 1.807) is 0 Å². The average molecular weight is 240 g/mol. The van der Waals surface area contributed by atoms with E-state index < -0.39 is 11.9 Å². The van der Waals surface area contributed by atoms with E-state index in [9.17, 15) is 13.2 Å². The molecule has 0 saturated carbocycles. The Morgan fingerprint density at radius 2 is 1.82 bits per heavy atom. The number of hydrogen-bond acceptors (Lipinski definition) is 2. The maximum absolute atomic E-state index is 12.5. The second-order valence-corrected chi connectivity index (χ2v) is 3.87. The van der Waals surface area contributed by atoms with Gasteiger partial charge in [-0.3, -0.25) is 0 Å². The molecule has 2 rings (SSSR count). The van der Waals surface area contributed by atoms with Crippen LogP contribution in [0.4, 0.5) is 13.2 Å². The van der Waals surface area contributed by atoms with E-state index in [2.05, 4.69) is 10.5 Å². The van der Waals surface area contributed by atoms with Crippen molar-refractivity contribution in [2.24, 2.45) is 5.10 Å². The van der Waals surface area contributed by atoms with Gasteiger partial charge in [-0.2, -0.15) is 18.3 Å². The van der Waals surface area contributed by atoms with Crippen molar-refractivity contribution in [1.82, 2.24) is 5.43 Å². The third kappa shape index (κ3) is 2.67. The minimum Gasteiger partial charge on any atom is -0.305 e. The summed E-state index contributed by atoms with van der Waals surface area (Å²) in [4.78, 5) is 0. The number of allylic oxidation sites excluding steroid dienone is 1. The molecule has 0 radical (unpaired) electrons. The quantitative estimate of drug-likeness (QED) is 0.802. The zero-order chi connectivity index (χ0) is 12.5. The summed E-state index contributed by atoms with van der Waals surface area (Å²) in [6.45, 7) is 2.24. The van der Waals surface area contributed by atoms with E-state index in [4.69, 9.17) is 0 Å². The minimum atomic E-state index is -4.41. The summed E-state index contributed by atoms with van der Waals surface area (Å²) >= 11 is 0. The van der Waals surface area contributed by atoms with Gasteiger partial charge in [-0.1, -0.05) is 29.8 Å². The van der Waals surface area contributed by atoms with Gasteiger partial charge < -0.3 is 5.43 Å². The Morgan fingerprint density at radius 3 is 2.41 bits per heavy atom. The molecule has 0 amide bonds. The Kier molecular flexibility index (Phi) is 2.92. The van der Waals surface area contributed by atoms with Crippen LogP contribution in [0.3, 0.4) is 0 Å². The molecular formula is C12H11F3N2. The molecule has 90 valence electrons. The molecule has 0 spiro atoms. The number of benzene rings is 1. The van der Waals surface area contributed by atoms with E-state index in [1.165, 1.54) is 0 Å². The lowest BCUT2D eigenvalue weighted by atomic mass is 10.0. The van der Waals surface area contributed by atoms with Crippen LogP contribution >= 0.6 is 0 Å². The van der Waals surface area contributed by atoms with E-state index in [0.29, 0.717) is 12.1 Å². The zero-order valence-corrected chi connectivity index (χ0v) is 9.17. The molecule has 1 aliphatic rings. The highest BCUT2D eigenvalue weighted by Crippen LogP contribution is 2.24. The highest BCUT2D eigenvalue weighted by Gasteiger charge is 2.35. The van der Waals surface area contributed by atoms with E-state index in [0.717, 1.165) is 17.2 Å². The second-order valence-electron chi connectivity index (χ2n) is 3.87. The Hall–Kier alpha value is -1.78. The molecule has 1 aromatic carbocycles. The Morgan fingerprint density at radius 1 is 1.18 bits per heavy atom. The number of alkyl halides is 3. The van der Waals surface area contributed by atoms with Gasteiger partial charge in [0.25, 0.3) is 0 Å². The maximum atomic E-state index is 12.5. The number of aryl methyl sites for hydroxylation is 1. The van der Waals surface area contributed by atoms with Crippen molar-refractivity contribution < 1.29 is 13.2 Å². The van der Waals surface area contributed by atoms with E-state index in [1.807, 2.05) is 31.2 Å². The monoisotopic (exact) mass is 240 g/mol. The molecule has 1 aromatic rings. The van der Waals surface area contributed by atoms with Crippen molar-refractivity contribution in [1.29, 1.82) is 0 Å². The Balaban J connectivity index is 2.31. The van der Waals surface area contributed by atoms with Crippen LogP contribution in [0.1, 0.15) is 11.1 Å². The molecule has 17 heavy (non-hydrogen) atoms. The van der Waals surface area contributed by atoms with Gasteiger partial charge in [-0.15, -0.1) is 0 Å². The first-order chi connectivity index (χ1) is 7.97. The topological polar surface area (TPSA) is 24.4 Å². The van der Waals surface area contributed by atoms with Crippen molar-refractivity contribution in [3.05, 3.63) is 41.5 Å². The third-order valence-electron chi connectivity index (χ3n) is 2.49. The van der Waals surface area contributed by atoms with Gasteiger partial charge in [-0.05, 0) is 24.1 Å². The van der Waals surface area contributed by atoms with Crippen molar-refractivity contribution in [2.75, 3.05) is 6.54 Å². The lowest BCUT2D eigenvalue weighted by Crippen LogP contribution is -2.28. The zero-order valence-electron chi connectivity index (χ0n) is 9.17. The molecule has 0 unspecified atom stereocenters. The van der Waals surface area contributed by atoms with Gasteiger partial charge in [0.1, 0.15) is 0 Å². The average Bonchev–Trinajstić information content (AvgIpc) is 2.29. The molecule has 5 heteroatoms. The fourth-order valence-electron chi connectivity index (χ4n) is 1.56. The van der Waals surface area contributed by atoms with Crippen LogP contribution in [-0.2, 0) is 0 Å². The first kappa shape index (κ1) is 11.7. The molecule has 1 heterocycles. The largest absolute Gasteiger partial charge is 0.435 e. The van der Waals surface area contributed by atoms with Gasteiger partial charge in [0.05, 0.1) is 6.54 Å². The van der Waals surface area contributed by atoms with Crippen LogP contribution < -0.4 is 5.43 Å². The van der Waals surface area contributed by atoms with Crippen molar-refractivity contribution in [2.45, 2.75) is 13.1 Å². The number of halogens is 3. The summed E-state index contributed by atoms with van der Waals surface area (Å²) in [6, 6.07) is 7.36. The lowest BCUT2D eigenvalue weighted by molar-refractivity contribution is -0.0581. The Bertz CT molecular complexity index is 470. The van der Waals surface area contributed by atoms with Gasteiger partial charge in [0.15, 0.2) is 5.71 Å². The minimum absolute atomic E-state index is 0.308. The van der Waals surface area contributed by atoms with Crippen LogP contribution in [0.25, 0.3) is 5.57 Å². The summed E-state index contributed by atoms with van der Waals surface area (Å²) in [5.41, 5.74) is 3.95. The third-order valence-corrected chi connectivity index (χ3v) is 2.49. The van der Waals surface area contributed by atoms with Crippen LogP contribution in [0.5, 0.6) is 0 Å². The molecular weight excluding hydrogens is 229 g/mol. The number of nitrogens with zero attached hydrogens (tertiary/aromatic N) is 1. The predicted octanol–water partition coefficient (Wildman–Crippen LogP) is 2.90. The number of rotatable bonds is 1. The van der Waals surface area contributed by atoms with Gasteiger partial charge in [0.2, 0.25) is 0 Å². The first-order valence-electron chi connectivity index (χ1n) is 5.12. The summed E-state index contributed by atoms with van der Waals surface area (Å²) < 4.78 is 37.4. The first-order valence-corrected chi connectivity index (χ1v) is 5.12. The summed E-state index contributed by atoms with van der Waals surface area (Å²) in [7, 11) is 0. The summed E-state index contributed by atoms with van der Waals surface area (Å²) in [5, 5.41) is 3.26. The molecule has 0 atom stereocenters. The standard InChI is InChI=1S/C12H11F3N2/c1-8-2-4-9(5-3-8)10-6-11(12(13,14)15)17-16-7-10/h2-6,16H,7H2,1H3. The normalized spacial score (nSPS) is 16.0. The molecule has 0 aromatic heterocycles. The van der Waals surface area contributed by atoms with Crippen LogP contribution in [0.15, 0.2) is 35.4 Å². The number of hydrazone groups is 1. The van der Waals surface area contributed by atoms with Gasteiger partial charge in [0, 0.05) is 0 Å². The van der Waals surface area contributed by atoms with Gasteiger partial charge in [-0.25, -0.2) is 0 Å². The SMILES string of the molecule is Cc1ccc(C2=CC(C(F)(F)F)=NNC2)cc1.